The highest BCUT2D eigenvalue weighted by molar-refractivity contribution is 7.16. The number of piperazine rings is 1. The van der Waals surface area contributed by atoms with E-state index >= 15 is 0 Å². The van der Waals surface area contributed by atoms with E-state index in [2.05, 4.69) is 45.4 Å². The molecule has 114 valence electrons. The van der Waals surface area contributed by atoms with Gasteiger partial charge in [0.2, 0.25) is 5.95 Å². The Balaban J connectivity index is 1.84. The molecule has 1 fully saturated rings. The maximum atomic E-state index is 4.75. The van der Waals surface area contributed by atoms with Crippen LogP contribution in [-0.4, -0.2) is 54.1 Å². The van der Waals surface area contributed by atoms with Crippen molar-refractivity contribution in [2.24, 2.45) is 0 Å². The molecule has 0 saturated carbocycles. The van der Waals surface area contributed by atoms with Gasteiger partial charge in [0.05, 0.1) is 5.39 Å². The van der Waals surface area contributed by atoms with Crippen LogP contribution in [0.1, 0.15) is 20.3 Å². The van der Waals surface area contributed by atoms with Crippen molar-refractivity contribution >= 4 is 33.3 Å². The topological polar surface area (TPSA) is 44.3 Å². The molecule has 1 N–H and O–H groups in total. The van der Waals surface area contributed by atoms with Crippen molar-refractivity contribution in [3.63, 3.8) is 0 Å². The number of aromatic nitrogens is 2. The van der Waals surface area contributed by atoms with E-state index in [1.54, 1.807) is 11.3 Å². The van der Waals surface area contributed by atoms with Gasteiger partial charge in [-0.2, -0.15) is 4.98 Å². The summed E-state index contributed by atoms with van der Waals surface area (Å²) in [7, 11) is 0. The van der Waals surface area contributed by atoms with Gasteiger partial charge in [0.1, 0.15) is 10.6 Å². The van der Waals surface area contributed by atoms with Crippen molar-refractivity contribution < 1.29 is 0 Å². The van der Waals surface area contributed by atoms with Gasteiger partial charge in [-0.3, -0.25) is 4.90 Å². The van der Waals surface area contributed by atoms with E-state index in [9.17, 15) is 0 Å². The Morgan fingerprint density at radius 2 is 2.00 bits per heavy atom. The fourth-order valence-corrected chi connectivity index (χ4v) is 3.58. The van der Waals surface area contributed by atoms with Crippen LogP contribution in [-0.2, 0) is 0 Å². The normalized spacial score (nSPS) is 16.6. The number of hydrogen-bond acceptors (Lipinski definition) is 6. The number of rotatable bonds is 5. The molecule has 0 atom stereocenters. The highest BCUT2D eigenvalue weighted by Gasteiger charge is 2.20. The molecule has 21 heavy (non-hydrogen) atoms. The molecule has 1 saturated heterocycles. The first-order chi connectivity index (χ1) is 10.3. The Morgan fingerprint density at radius 1 is 1.19 bits per heavy atom. The fourth-order valence-electron chi connectivity index (χ4n) is 2.82. The number of nitrogens with zero attached hydrogens (tertiary/aromatic N) is 4. The Bertz CT molecular complexity index is 589. The van der Waals surface area contributed by atoms with E-state index in [1.165, 1.54) is 18.4 Å². The van der Waals surface area contributed by atoms with Crippen LogP contribution in [0.2, 0.25) is 0 Å². The summed E-state index contributed by atoms with van der Waals surface area (Å²) in [6.45, 7) is 10.7. The third-order valence-corrected chi connectivity index (χ3v) is 4.66. The highest BCUT2D eigenvalue weighted by Crippen LogP contribution is 2.29. The van der Waals surface area contributed by atoms with Gasteiger partial charge >= 0.3 is 0 Å². The number of fused-ring (bicyclic) bond motifs is 1. The molecule has 0 amide bonds. The van der Waals surface area contributed by atoms with Crippen molar-refractivity contribution in [2.75, 3.05) is 49.5 Å². The fraction of sp³-hybridized carbons (Fsp3) is 0.600. The Morgan fingerprint density at radius 3 is 2.71 bits per heavy atom. The minimum atomic E-state index is 0.749. The second-order valence-corrected chi connectivity index (χ2v) is 6.26. The van der Waals surface area contributed by atoms with Gasteiger partial charge in [0.15, 0.2) is 0 Å². The minimum absolute atomic E-state index is 0.749. The summed E-state index contributed by atoms with van der Waals surface area (Å²) in [5, 5.41) is 6.53. The molecule has 0 aliphatic carbocycles. The SMILES string of the molecule is CCCN1CCN(c2nc(NCC)nc3sccc23)CC1. The first-order valence-electron chi connectivity index (χ1n) is 7.78. The quantitative estimate of drug-likeness (QED) is 0.920. The van der Waals surface area contributed by atoms with Crippen molar-refractivity contribution in [1.82, 2.24) is 14.9 Å². The van der Waals surface area contributed by atoms with Crippen LogP contribution in [0, 0.1) is 0 Å². The molecular formula is C15H23N5S. The van der Waals surface area contributed by atoms with Crippen molar-refractivity contribution in [3.8, 4) is 0 Å². The van der Waals surface area contributed by atoms with E-state index in [0.717, 1.165) is 49.3 Å². The van der Waals surface area contributed by atoms with Crippen LogP contribution in [0.3, 0.4) is 0 Å². The summed E-state index contributed by atoms with van der Waals surface area (Å²) in [4.78, 5) is 15.4. The molecular weight excluding hydrogens is 282 g/mol. The molecule has 0 spiro atoms. The predicted octanol–water partition coefficient (Wildman–Crippen LogP) is 2.66. The van der Waals surface area contributed by atoms with Gasteiger partial charge in [-0.1, -0.05) is 6.92 Å². The lowest BCUT2D eigenvalue weighted by molar-refractivity contribution is 0.258. The number of thiophene rings is 1. The summed E-state index contributed by atoms with van der Waals surface area (Å²) in [5.41, 5.74) is 0. The smallest absolute Gasteiger partial charge is 0.226 e. The minimum Gasteiger partial charge on any atom is -0.354 e. The van der Waals surface area contributed by atoms with E-state index in [1.807, 2.05) is 0 Å². The summed E-state index contributed by atoms with van der Waals surface area (Å²) in [6, 6.07) is 2.14. The third kappa shape index (κ3) is 3.11. The highest BCUT2D eigenvalue weighted by atomic mass is 32.1. The van der Waals surface area contributed by atoms with Crippen LogP contribution in [0.25, 0.3) is 10.2 Å². The molecule has 1 aliphatic heterocycles. The molecule has 0 unspecified atom stereocenters. The number of hydrogen-bond donors (Lipinski definition) is 1. The standard InChI is InChI=1S/C15H23N5S/c1-3-6-19-7-9-20(10-8-19)13-12-5-11-21-14(12)18-15(17-13)16-4-2/h5,11H,3-4,6-10H2,1-2H3,(H,16,17,18). The largest absolute Gasteiger partial charge is 0.354 e. The van der Waals surface area contributed by atoms with Gasteiger partial charge < -0.3 is 10.2 Å². The van der Waals surface area contributed by atoms with Gasteiger partial charge in [0.25, 0.3) is 0 Å². The third-order valence-electron chi connectivity index (χ3n) is 3.85. The first-order valence-corrected chi connectivity index (χ1v) is 8.66. The van der Waals surface area contributed by atoms with E-state index in [-0.39, 0.29) is 0 Å². The number of nitrogens with one attached hydrogen (secondary N) is 1. The zero-order chi connectivity index (χ0) is 14.7. The van der Waals surface area contributed by atoms with Crippen LogP contribution in [0.4, 0.5) is 11.8 Å². The average Bonchev–Trinajstić information content (AvgIpc) is 2.96. The summed E-state index contributed by atoms with van der Waals surface area (Å²) in [6.07, 6.45) is 1.23. The molecule has 3 rings (SSSR count). The molecule has 6 heteroatoms. The van der Waals surface area contributed by atoms with Gasteiger partial charge in [-0.25, -0.2) is 4.98 Å². The Hall–Kier alpha value is -1.40. The van der Waals surface area contributed by atoms with Crippen molar-refractivity contribution in [2.45, 2.75) is 20.3 Å². The second-order valence-electron chi connectivity index (χ2n) is 5.37. The van der Waals surface area contributed by atoms with E-state index in [4.69, 9.17) is 4.98 Å². The van der Waals surface area contributed by atoms with Crippen LogP contribution >= 0.6 is 11.3 Å². The van der Waals surface area contributed by atoms with Crippen LogP contribution < -0.4 is 10.2 Å². The zero-order valence-corrected chi connectivity index (χ0v) is 13.6. The molecule has 0 bridgehead atoms. The van der Waals surface area contributed by atoms with Crippen molar-refractivity contribution in [1.29, 1.82) is 0 Å². The predicted molar refractivity (Wildman–Crippen MR) is 90.5 cm³/mol. The van der Waals surface area contributed by atoms with Gasteiger partial charge in [-0.05, 0) is 31.3 Å². The molecule has 0 aromatic carbocycles. The molecule has 2 aromatic rings. The van der Waals surface area contributed by atoms with Crippen LogP contribution in [0.15, 0.2) is 11.4 Å². The lowest BCUT2D eigenvalue weighted by Gasteiger charge is -2.35. The van der Waals surface area contributed by atoms with Crippen LogP contribution in [0.5, 0.6) is 0 Å². The van der Waals surface area contributed by atoms with E-state index < -0.39 is 0 Å². The monoisotopic (exact) mass is 305 g/mol. The molecule has 5 nitrogen and oxygen atoms in total. The summed E-state index contributed by atoms with van der Waals surface area (Å²) < 4.78 is 0. The summed E-state index contributed by atoms with van der Waals surface area (Å²) >= 11 is 1.69. The maximum Gasteiger partial charge on any atom is 0.226 e. The van der Waals surface area contributed by atoms with Gasteiger partial charge in [-0.15, -0.1) is 11.3 Å². The average molecular weight is 305 g/mol. The van der Waals surface area contributed by atoms with E-state index in [0.29, 0.717) is 0 Å². The lowest BCUT2D eigenvalue weighted by atomic mass is 10.2. The Kier molecular flexibility index (Phi) is 4.55. The lowest BCUT2D eigenvalue weighted by Crippen LogP contribution is -2.46. The summed E-state index contributed by atoms with van der Waals surface area (Å²) in [5.74, 6) is 1.84. The maximum absolute atomic E-state index is 4.75. The molecule has 0 radical (unpaired) electrons. The zero-order valence-electron chi connectivity index (χ0n) is 12.8. The molecule has 1 aliphatic rings. The van der Waals surface area contributed by atoms with Crippen molar-refractivity contribution in [3.05, 3.63) is 11.4 Å². The second kappa shape index (κ2) is 6.58. The first kappa shape index (κ1) is 14.5. The number of anilines is 2. The molecule has 2 aromatic heterocycles. The molecule has 3 heterocycles. The Labute approximate surface area is 130 Å². The van der Waals surface area contributed by atoms with Gasteiger partial charge in [0, 0.05) is 32.7 Å².